The van der Waals surface area contributed by atoms with Crippen LogP contribution in [-0.2, 0) is 10.0 Å². The molecular weight excluding hydrogens is 286 g/mol. The monoisotopic (exact) mass is 313 g/mol. The van der Waals surface area contributed by atoms with E-state index in [0.29, 0.717) is 40.7 Å². The highest BCUT2D eigenvalue weighted by Gasteiger charge is 2.27. The first-order chi connectivity index (χ1) is 9.77. The lowest BCUT2D eigenvalue weighted by atomic mass is 10.1. The quantitative estimate of drug-likeness (QED) is 0.599. The molecule has 120 valence electrons. The standard InChI is InChI=1S/C15H27N3O2S/c1-6-11(3)10-18(7-2)21(19,20)15-12(4)8-14(17-16)9-13(15)5/h8-9,11,17H,6-7,10,16H2,1-5H3. The number of nitrogens with zero attached hydrogens (tertiary/aromatic N) is 1. The summed E-state index contributed by atoms with van der Waals surface area (Å²) in [5, 5.41) is 0. The van der Waals surface area contributed by atoms with Gasteiger partial charge in [-0.2, -0.15) is 4.31 Å². The zero-order valence-electron chi connectivity index (χ0n) is 13.6. The van der Waals surface area contributed by atoms with Gasteiger partial charge in [-0.05, 0) is 43.0 Å². The van der Waals surface area contributed by atoms with E-state index in [-0.39, 0.29) is 0 Å². The van der Waals surface area contributed by atoms with Crippen molar-refractivity contribution in [1.29, 1.82) is 0 Å². The molecule has 0 fully saturated rings. The minimum Gasteiger partial charge on any atom is -0.324 e. The van der Waals surface area contributed by atoms with Crippen LogP contribution in [0.5, 0.6) is 0 Å². The van der Waals surface area contributed by atoms with Crippen LogP contribution in [0, 0.1) is 19.8 Å². The number of aryl methyl sites for hydroxylation is 2. The summed E-state index contributed by atoms with van der Waals surface area (Å²) in [5.74, 6) is 5.75. The third-order valence-corrected chi connectivity index (χ3v) is 6.04. The lowest BCUT2D eigenvalue weighted by molar-refractivity contribution is 0.361. The molecule has 6 heteroatoms. The van der Waals surface area contributed by atoms with Crippen LogP contribution in [-0.4, -0.2) is 25.8 Å². The molecule has 0 aromatic heterocycles. The van der Waals surface area contributed by atoms with Crippen molar-refractivity contribution in [1.82, 2.24) is 4.31 Å². The van der Waals surface area contributed by atoms with E-state index in [2.05, 4.69) is 19.3 Å². The second-order valence-corrected chi connectivity index (χ2v) is 7.43. The molecule has 3 N–H and O–H groups in total. The SMILES string of the molecule is CCC(C)CN(CC)S(=O)(=O)c1c(C)cc(NN)cc1C. The number of hydrogen-bond acceptors (Lipinski definition) is 4. The van der Waals surface area contributed by atoms with Gasteiger partial charge in [0.15, 0.2) is 0 Å². The van der Waals surface area contributed by atoms with Gasteiger partial charge < -0.3 is 5.43 Å². The molecule has 0 aliphatic heterocycles. The molecule has 1 aromatic carbocycles. The summed E-state index contributed by atoms with van der Waals surface area (Å²) in [4.78, 5) is 0.395. The number of nitrogens with two attached hydrogens (primary N) is 1. The highest BCUT2D eigenvalue weighted by Crippen LogP contribution is 2.27. The van der Waals surface area contributed by atoms with Crippen LogP contribution in [0.4, 0.5) is 5.69 Å². The van der Waals surface area contributed by atoms with Crippen molar-refractivity contribution < 1.29 is 8.42 Å². The number of benzene rings is 1. The molecule has 0 radical (unpaired) electrons. The highest BCUT2D eigenvalue weighted by atomic mass is 32.2. The topological polar surface area (TPSA) is 75.4 Å². The molecule has 0 spiro atoms. The van der Waals surface area contributed by atoms with Gasteiger partial charge in [0.25, 0.3) is 0 Å². The summed E-state index contributed by atoms with van der Waals surface area (Å²) >= 11 is 0. The molecule has 1 rings (SSSR count). The number of hydrazine groups is 1. The average Bonchev–Trinajstić information content (AvgIpc) is 2.42. The van der Waals surface area contributed by atoms with E-state index in [1.54, 1.807) is 30.3 Å². The van der Waals surface area contributed by atoms with Crippen LogP contribution >= 0.6 is 0 Å². The third-order valence-electron chi connectivity index (χ3n) is 3.79. The Bertz CT molecular complexity index is 562. The van der Waals surface area contributed by atoms with Crippen molar-refractivity contribution in [2.24, 2.45) is 11.8 Å². The molecule has 1 aromatic rings. The van der Waals surface area contributed by atoms with Gasteiger partial charge in [0.1, 0.15) is 0 Å². The zero-order valence-corrected chi connectivity index (χ0v) is 14.4. The Kier molecular flexibility index (Phi) is 6.19. The summed E-state index contributed by atoms with van der Waals surface area (Å²) in [6.07, 6.45) is 0.958. The largest absolute Gasteiger partial charge is 0.324 e. The lowest BCUT2D eigenvalue weighted by Crippen LogP contribution is -2.35. The first kappa shape index (κ1) is 17.9. The van der Waals surface area contributed by atoms with Crippen LogP contribution < -0.4 is 11.3 Å². The number of anilines is 1. The Labute approximate surface area is 128 Å². The van der Waals surface area contributed by atoms with Crippen molar-refractivity contribution in [2.45, 2.75) is 45.9 Å². The molecule has 0 bridgehead atoms. The fourth-order valence-electron chi connectivity index (χ4n) is 2.44. The smallest absolute Gasteiger partial charge is 0.243 e. The fraction of sp³-hybridized carbons (Fsp3) is 0.600. The van der Waals surface area contributed by atoms with E-state index in [1.807, 2.05) is 6.92 Å². The van der Waals surface area contributed by atoms with Crippen LogP contribution in [0.25, 0.3) is 0 Å². The predicted molar refractivity (Wildman–Crippen MR) is 87.6 cm³/mol. The summed E-state index contributed by atoms with van der Waals surface area (Å²) in [5.41, 5.74) is 4.71. The van der Waals surface area contributed by atoms with Crippen LogP contribution in [0.15, 0.2) is 17.0 Å². The Morgan fingerprint density at radius 1 is 1.24 bits per heavy atom. The molecule has 0 amide bonds. The third kappa shape index (κ3) is 3.96. The molecule has 1 unspecified atom stereocenters. The highest BCUT2D eigenvalue weighted by molar-refractivity contribution is 7.89. The molecule has 0 saturated carbocycles. The van der Waals surface area contributed by atoms with Crippen molar-refractivity contribution in [3.8, 4) is 0 Å². The van der Waals surface area contributed by atoms with Crippen LogP contribution in [0.3, 0.4) is 0 Å². The molecule has 0 aliphatic carbocycles. The predicted octanol–water partition coefficient (Wildman–Crippen LogP) is 2.65. The molecule has 0 saturated heterocycles. The zero-order chi connectivity index (χ0) is 16.2. The second kappa shape index (κ2) is 7.24. The Morgan fingerprint density at radius 3 is 2.14 bits per heavy atom. The Hall–Kier alpha value is -1.11. The molecular formula is C15H27N3O2S. The van der Waals surface area contributed by atoms with E-state index < -0.39 is 10.0 Å². The van der Waals surface area contributed by atoms with E-state index in [0.717, 1.165) is 6.42 Å². The summed E-state index contributed by atoms with van der Waals surface area (Å²) in [6.45, 7) is 10.6. The number of nitrogen functional groups attached to an aromatic ring is 1. The second-order valence-electron chi connectivity index (χ2n) is 5.55. The molecule has 0 aliphatic rings. The molecule has 21 heavy (non-hydrogen) atoms. The van der Waals surface area contributed by atoms with Gasteiger partial charge in [0.2, 0.25) is 10.0 Å². The minimum absolute atomic E-state index is 0.338. The number of rotatable bonds is 7. The van der Waals surface area contributed by atoms with E-state index >= 15 is 0 Å². The summed E-state index contributed by atoms with van der Waals surface area (Å²) < 4.78 is 27.4. The number of sulfonamides is 1. The fourth-order valence-corrected chi connectivity index (χ4v) is 4.42. The van der Waals surface area contributed by atoms with E-state index in [9.17, 15) is 8.42 Å². The molecule has 1 atom stereocenters. The maximum atomic E-state index is 12.9. The van der Waals surface area contributed by atoms with Crippen molar-refractivity contribution in [3.63, 3.8) is 0 Å². The van der Waals surface area contributed by atoms with Gasteiger partial charge in [-0.3, -0.25) is 5.84 Å². The van der Waals surface area contributed by atoms with Gasteiger partial charge in [0.05, 0.1) is 4.90 Å². The van der Waals surface area contributed by atoms with Crippen molar-refractivity contribution >= 4 is 15.7 Å². The maximum Gasteiger partial charge on any atom is 0.243 e. The number of hydrogen-bond donors (Lipinski definition) is 2. The lowest BCUT2D eigenvalue weighted by Gasteiger charge is -2.25. The van der Waals surface area contributed by atoms with Gasteiger partial charge >= 0.3 is 0 Å². The average molecular weight is 313 g/mol. The van der Waals surface area contributed by atoms with Gasteiger partial charge in [-0.25, -0.2) is 8.42 Å². The summed E-state index contributed by atoms with van der Waals surface area (Å²) in [7, 11) is -3.48. The van der Waals surface area contributed by atoms with Gasteiger partial charge in [-0.15, -0.1) is 0 Å². The first-order valence-corrected chi connectivity index (χ1v) is 8.79. The normalized spacial score (nSPS) is 13.5. The first-order valence-electron chi connectivity index (χ1n) is 7.35. The minimum atomic E-state index is -3.48. The molecule has 5 nitrogen and oxygen atoms in total. The van der Waals surface area contributed by atoms with Gasteiger partial charge in [0, 0.05) is 18.8 Å². The Balaban J connectivity index is 3.29. The maximum absolute atomic E-state index is 12.9. The van der Waals surface area contributed by atoms with Crippen molar-refractivity contribution in [2.75, 3.05) is 18.5 Å². The van der Waals surface area contributed by atoms with Crippen LogP contribution in [0.2, 0.25) is 0 Å². The van der Waals surface area contributed by atoms with Crippen molar-refractivity contribution in [3.05, 3.63) is 23.3 Å². The van der Waals surface area contributed by atoms with E-state index in [1.165, 1.54) is 0 Å². The van der Waals surface area contributed by atoms with Crippen LogP contribution in [0.1, 0.15) is 38.3 Å². The van der Waals surface area contributed by atoms with Gasteiger partial charge in [-0.1, -0.05) is 27.2 Å². The van der Waals surface area contributed by atoms with E-state index in [4.69, 9.17) is 5.84 Å². The Morgan fingerprint density at radius 2 is 1.76 bits per heavy atom. The number of nitrogens with one attached hydrogen (secondary N) is 1. The summed E-state index contributed by atoms with van der Waals surface area (Å²) in [6, 6.07) is 3.52. The molecule has 0 heterocycles.